The molecule has 0 radical (unpaired) electrons. The molecule has 0 aromatic carbocycles. The van der Waals surface area contributed by atoms with E-state index in [0.29, 0.717) is 0 Å². The Labute approximate surface area is 51.8 Å². The molecule has 0 amide bonds. The van der Waals surface area contributed by atoms with Gasteiger partial charge in [0.25, 0.3) is 0 Å². The highest BCUT2D eigenvalue weighted by molar-refractivity contribution is 8.08. The molecule has 44 valence electrons. The minimum Gasteiger partial charge on any atom is -0.305 e. The molecular weight excluding hydrogens is 143 g/mol. The summed E-state index contributed by atoms with van der Waals surface area (Å²) in [7, 11) is -1.50. The van der Waals surface area contributed by atoms with Crippen LogP contribution in [0.3, 0.4) is 0 Å². The molecule has 2 rings (SSSR count). The van der Waals surface area contributed by atoms with Gasteiger partial charge in [0.15, 0.2) is 7.95 Å². The summed E-state index contributed by atoms with van der Waals surface area (Å²) in [4.78, 5) is 4.02. The predicted molar refractivity (Wildman–Crippen MR) is 35.8 cm³/mol. The standard InChI is InChI=1S/C3H5N2OPS/c6-7-3(5-7)4-1-2-8-3/h1,7H,2H2,(H,5,6). The Morgan fingerprint density at radius 1 is 2.00 bits per heavy atom. The zero-order valence-corrected chi connectivity index (χ0v) is 5.86. The van der Waals surface area contributed by atoms with E-state index in [2.05, 4.69) is 10.1 Å². The molecular formula is C3H5N2OPS. The molecule has 0 aromatic heterocycles. The van der Waals surface area contributed by atoms with Crippen molar-refractivity contribution in [3.8, 4) is 0 Å². The summed E-state index contributed by atoms with van der Waals surface area (Å²) in [5.41, 5.74) is 0. The average molecular weight is 148 g/mol. The first-order valence-corrected chi connectivity index (χ1v) is 4.73. The maximum absolute atomic E-state index is 10.7. The van der Waals surface area contributed by atoms with Crippen molar-refractivity contribution in [2.24, 2.45) is 4.99 Å². The first-order valence-electron chi connectivity index (χ1n) is 2.34. The van der Waals surface area contributed by atoms with Gasteiger partial charge in [0.2, 0.25) is 4.74 Å². The topological polar surface area (TPSA) is 51.4 Å². The normalized spacial score (nSPS) is 50.8. The van der Waals surface area contributed by atoms with Crippen LogP contribution in [-0.4, -0.2) is 16.7 Å². The van der Waals surface area contributed by atoms with Crippen molar-refractivity contribution >= 4 is 25.9 Å². The zero-order valence-electron chi connectivity index (χ0n) is 4.05. The van der Waals surface area contributed by atoms with Gasteiger partial charge in [0.1, 0.15) is 0 Å². The molecule has 1 spiro atoms. The van der Waals surface area contributed by atoms with Gasteiger partial charge in [-0.15, -0.1) is 11.8 Å². The molecule has 0 aliphatic carbocycles. The number of hydrogen-bond donors (Lipinski definition) is 1. The maximum Gasteiger partial charge on any atom is 0.227 e. The molecule has 1 N–H and O–H groups in total. The minimum absolute atomic E-state index is 0.315. The Bertz CT molecular complexity index is 182. The van der Waals surface area contributed by atoms with E-state index < -0.39 is 7.95 Å². The number of nitrogens with one attached hydrogen (secondary N) is 1. The number of aliphatic imine (C=N–C) groups is 1. The minimum atomic E-state index is -1.50. The zero-order chi connectivity index (χ0) is 5.61. The Morgan fingerprint density at radius 2 is 2.75 bits per heavy atom. The predicted octanol–water partition coefficient (Wildman–Crippen LogP) is 0.493. The smallest absolute Gasteiger partial charge is 0.227 e. The van der Waals surface area contributed by atoms with Crippen LogP contribution in [0.2, 0.25) is 0 Å². The molecule has 0 bridgehead atoms. The fourth-order valence-electron chi connectivity index (χ4n) is 0.676. The number of nitrogens with zero attached hydrogens (tertiary/aromatic N) is 1. The monoisotopic (exact) mass is 148 g/mol. The van der Waals surface area contributed by atoms with Crippen molar-refractivity contribution in [3.63, 3.8) is 0 Å². The molecule has 0 saturated carbocycles. The second-order valence-electron chi connectivity index (χ2n) is 1.72. The summed E-state index contributed by atoms with van der Waals surface area (Å²) in [6.45, 7) is 0. The van der Waals surface area contributed by atoms with Crippen LogP contribution >= 0.6 is 19.7 Å². The molecule has 3 nitrogen and oxygen atoms in total. The fraction of sp³-hybridized carbons (Fsp3) is 0.667. The lowest BCUT2D eigenvalue weighted by Crippen LogP contribution is -1.97. The van der Waals surface area contributed by atoms with Crippen LogP contribution in [0, 0.1) is 0 Å². The summed E-state index contributed by atoms with van der Waals surface area (Å²) >= 11 is 1.62. The van der Waals surface area contributed by atoms with E-state index in [1.165, 1.54) is 0 Å². The molecule has 1 fully saturated rings. The van der Waals surface area contributed by atoms with Crippen molar-refractivity contribution in [3.05, 3.63) is 0 Å². The lowest BCUT2D eigenvalue weighted by Gasteiger charge is -1.90. The van der Waals surface area contributed by atoms with Gasteiger partial charge in [0, 0.05) is 12.0 Å². The van der Waals surface area contributed by atoms with E-state index in [-0.39, 0.29) is 4.74 Å². The van der Waals surface area contributed by atoms with E-state index in [9.17, 15) is 4.57 Å². The summed E-state index contributed by atoms with van der Waals surface area (Å²) in [6, 6.07) is 0. The molecule has 2 unspecified atom stereocenters. The molecule has 5 heteroatoms. The molecule has 2 aliphatic rings. The first-order chi connectivity index (χ1) is 3.83. The Morgan fingerprint density at radius 3 is 3.00 bits per heavy atom. The lowest BCUT2D eigenvalue weighted by atomic mass is 10.9. The van der Waals surface area contributed by atoms with E-state index in [0.717, 1.165) is 5.75 Å². The SMILES string of the molecule is O=[PH]1NC12N=CCS2. The molecule has 2 aliphatic heterocycles. The number of thioether (sulfide) groups is 1. The van der Waals surface area contributed by atoms with E-state index in [4.69, 9.17) is 0 Å². The third-order valence-corrected chi connectivity index (χ3v) is 4.49. The Kier molecular flexibility index (Phi) is 0.866. The van der Waals surface area contributed by atoms with Gasteiger partial charge in [-0.1, -0.05) is 0 Å². The summed E-state index contributed by atoms with van der Waals surface area (Å²) < 4.78 is 10.3. The van der Waals surface area contributed by atoms with Gasteiger partial charge in [-0.3, -0.25) is 4.99 Å². The van der Waals surface area contributed by atoms with Gasteiger partial charge < -0.3 is 4.57 Å². The Balaban J connectivity index is 2.29. The summed E-state index contributed by atoms with van der Waals surface area (Å²) in [6.07, 6.45) is 1.81. The summed E-state index contributed by atoms with van der Waals surface area (Å²) in [5, 5.41) is 2.82. The molecule has 8 heavy (non-hydrogen) atoms. The second-order valence-corrected chi connectivity index (χ2v) is 4.93. The highest BCUT2D eigenvalue weighted by atomic mass is 32.2. The average Bonchev–Trinajstić information content (AvgIpc) is 2.29. The van der Waals surface area contributed by atoms with Crippen LogP contribution in [0.1, 0.15) is 0 Å². The lowest BCUT2D eigenvalue weighted by molar-refractivity contribution is 0.596. The summed E-state index contributed by atoms with van der Waals surface area (Å²) in [5.74, 6) is 0.906. The van der Waals surface area contributed by atoms with E-state index in [1.54, 1.807) is 11.8 Å². The third kappa shape index (κ3) is 0.508. The van der Waals surface area contributed by atoms with Crippen LogP contribution in [-0.2, 0) is 4.57 Å². The maximum atomic E-state index is 10.7. The van der Waals surface area contributed by atoms with Crippen molar-refractivity contribution in [2.45, 2.75) is 4.74 Å². The number of hydrogen-bond acceptors (Lipinski definition) is 3. The fourth-order valence-corrected chi connectivity index (χ4v) is 3.23. The van der Waals surface area contributed by atoms with Crippen molar-refractivity contribution < 1.29 is 4.57 Å². The largest absolute Gasteiger partial charge is 0.305 e. The van der Waals surface area contributed by atoms with Crippen LogP contribution < -0.4 is 5.09 Å². The first kappa shape index (κ1) is 5.03. The van der Waals surface area contributed by atoms with Gasteiger partial charge >= 0.3 is 0 Å². The van der Waals surface area contributed by atoms with Crippen LogP contribution in [0.25, 0.3) is 0 Å². The van der Waals surface area contributed by atoms with Crippen molar-refractivity contribution in [1.29, 1.82) is 0 Å². The molecule has 2 atom stereocenters. The second kappa shape index (κ2) is 1.38. The molecule has 0 aromatic rings. The quantitative estimate of drug-likeness (QED) is 0.402. The van der Waals surface area contributed by atoms with E-state index in [1.807, 2.05) is 6.21 Å². The van der Waals surface area contributed by atoms with Gasteiger partial charge in [0.05, 0.1) is 0 Å². The van der Waals surface area contributed by atoms with Gasteiger partial charge in [-0.2, -0.15) is 0 Å². The highest BCUT2D eigenvalue weighted by Gasteiger charge is 2.53. The highest BCUT2D eigenvalue weighted by Crippen LogP contribution is 2.61. The number of rotatable bonds is 0. The van der Waals surface area contributed by atoms with Crippen LogP contribution in [0.15, 0.2) is 4.99 Å². The van der Waals surface area contributed by atoms with Gasteiger partial charge in [-0.25, -0.2) is 5.09 Å². The third-order valence-electron chi connectivity index (χ3n) is 1.17. The van der Waals surface area contributed by atoms with Crippen LogP contribution in [0.4, 0.5) is 0 Å². The molecule has 1 saturated heterocycles. The van der Waals surface area contributed by atoms with Crippen molar-refractivity contribution in [2.75, 3.05) is 5.75 Å². The Hall–Kier alpha value is 0.210. The van der Waals surface area contributed by atoms with Gasteiger partial charge in [-0.05, 0) is 0 Å². The molecule has 2 heterocycles. The van der Waals surface area contributed by atoms with Crippen molar-refractivity contribution in [1.82, 2.24) is 5.09 Å². The van der Waals surface area contributed by atoms with Crippen LogP contribution in [0.5, 0.6) is 0 Å². The van der Waals surface area contributed by atoms with E-state index >= 15 is 0 Å².